The quantitative estimate of drug-likeness (QED) is 0.0272. The monoisotopic (exact) mass is 729 g/mol. The number of rotatable bonds is 38. The average molecular weight is 729 g/mol. The van der Waals surface area contributed by atoms with Crippen molar-refractivity contribution in [1.82, 2.24) is 0 Å². The van der Waals surface area contributed by atoms with Crippen LogP contribution in [0.25, 0.3) is 0 Å². The molecule has 1 unspecified atom stereocenters. The molecule has 0 rings (SSSR count). The lowest BCUT2D eigenvalue weighted by atomic mass is 10.1. The molecule has 52 heavy (non-hydrogen) atoms. The molecule has 0 bridgehead atoms. The van der Waals surface area contributed by atoms with Gasteiger partial charge in [-0.2, -0.15) is 0 Å². The molecule has 0 aliphatic carbocycles. The van der Waals surface area contributed by atoms with Crippen LogP contribution in [-0.2, 0) is 28.6 Å². The van der Waals surface area contributed by atoms with Gasteiger partial charge in [-0.25, -0.2) is 0 Å². The van der Waals surface area contributed by atoms with Gasteiger partial charge in [-0.15, -0.1) is 0 Å². The first-order valence-electron chi connectivity index (χ1n) is 21.6. The Morgan fingerprint density at radius 2 is 0.750 bits per heavy atom. The van der Waals surface area contributed by atoms with Gasteiger partial charge in [0, 0.05) is 19.3 Å². The average Bonchev–Trinajstić information content (AvgIpc) is 3.14. The van der Waals surface area contributed by atoms with Gasteiger partial charge in [-0.05, 0) is 57.8 Å². The zero-order valence-electron chi connectivity index (χ0n) is 34.1. The number of unbranched alkanes of at least 4 members (excludes halogenated alkanes) is 19. The van der Waals surface area contributed by atoms with E-state index in [2.05, 4.69) is 69.4 Å². The molecule has 300 valence electrons. The molecule has 0 aromatic carbocycles. The van der Waals surface area contributed by atoms with Crippen molar-refractivity contribution in [2.75, 3.05) is 13.2 Å². The van der Waals surface area contributed by atoms with Gasteiger partial charge in [-0.1, -0.05) is 179 Å². The van der Waals surface area contributed by atoms with Crippen LogP contribution >= 0.6 is 0 Å². The molecule has 0 aliphatic heterocycles. The highest BCUT2D eigenvalue weighted by atomic mass is 16.6. The number of hydrogen-bond acceptors (Lipinski definition) is 6. The van der Waals surface area contributed by atoms with Crippen LogP contribution in [0.5, 0.6) is 0 Å². The fraction of sp³-hybridized carbons (Fsp3) is 0.761. The van der Waals surface area contributed by atoms with Crippen LogP contribution in [0, 0.1) is 0 Å². The third kappa shape index (κ3) is 38.6. The summed E-state index contributed by atoms with van der Waals surface area (Å²) in [6.45, 7) is 6.40. The molecule has 0 heterocycles. The van der Waals surface area contributed by atoms with E-state index in [4.69, 9.17) is 14.2 Å². The first kappa shape index (κ1) is 49.4. The molecule has 0 saturated heterocycles. The normalized spacial score (nSPS) is 12.4. The Kier molecular flexibility index (Phi) is 39.1. The van der Waals surface area contributed by atoms with Crippen LogP contribution in [0.15, 0.2) is 48.6 Å². The zero-order valence-corrected chi connectivity index (χ0v) is 34.1. The van der Waals surface area contributed by atoms with Gasteiger partial charge < -0.3 is 14.2 Å². The van der Waals surface area contributed by atoms with Crippen LogP contribution in [-0.4, -0.2) is 37.2 Å². The molecule has 0 aromatic heterocycles. The SMILES string of the molecule is CC/C=C\C/C=C\C/C=C\C/C=C\CCCCCCCCC(=O)OCC(COC(=O)CCCCCCC)OC(=O)CCCCCCCCCCCC. The lowest BCUT2D eigenvalue weighted by Crippen LogP contribution is -2.30. The Morgan fingerprint density at radius 1 is 0.404 bits per heavy atom. The second kappa shape index (κ2) is 41.1. The summed E-state index contributed by atoms with van der Waals surface area (Å²) in [5.74, 6) is -0.910. The molecule has 0 radical (unpaired) electrons. The number of carbonyl (C=O) groups is 3. The van der Waals surface area contributed by atoms with Gasteiger partial charge in [0.25, 0.3) is 0 Å². The van der Waals surface area contributed by atoms with Crippen LogP contribution in [0.2, 0.25) is 0 Å². The summed E-state index contributed by atoms with van der Waals surface area (Å²) in [6.07, 6.45) is 46.9. The standard InChI is InChI=1S/C46H80O6/c1-4-7-10-13-15-17-19-20-21-22-23-24-25-26-27-29-30-33-36-39-45(48)51-42-43(41-50-44(47)38-35-32-12-9-6-3)52-46(49)40-37-34-31-28-18-16-14-11-8-5-2/h7,10,15,17,20-21,23-24,43H,4-6,8-9,11-14,16,18-19,22,25-42H2,1-3H3/b10-7-,17-15-,21-20-,24-23-. The molecule has 0 aromatic rings. The van der Waals surface area contributed by atoms with Crippen molar-refractivity contribution in [3.05, 3.63) is 48.6 Å². The number of esters is 3. The topological polar surface area (TPSA) is 78.9 Å². The highest BCUT2D eigenvalue weighted by Crippen LogP contribution is 2.14. The van der Waals surface area contributed by atoms with Crippen molar-refractivity contribution in [1.29, 1.82) is 0 Å². The van der Waals surface area contributed by atoms with Crippen molar-refractivity contribution in [2.24, 2.45) is 0 Å². The Bertz CT molecular complexity index is 933. The molecule has 0 saturated carbocycles. The van der Waals surface area contributed by atoms with Gasteiger partial charge in [0.2, 0.25) is 0 Å². The maximum Gasteiger partial charge on any atom is 0.306 e. The summed E-state index contributed by atoms with van der Waals surface area (Å²) in [6, 6.07) is 0. The molecule has 1 atom stereocenters. The maximum atomic E-state index is 12.6. The molecule has 6 nitrogen and oxygen atoms in total. The maximum absolute atomic E-state index is 12.6. The molecule has 0 fully saturated rings. The summed E-state index contributed by atoms with van der Waals surface area (Å²) in [5.41, 5.74) is 0. The van der Waals surface area contributed by atoms with Crippen LogP contribution in [0.4, 0.5) is 0 Å². The van der Waals surface area contributed by atoms with Gasteiger partial charge in [0.15, 0.2) is 6.10 Å². The molecule has 6 heteroatoms. The highest BCUT2D eigenvalue weighted by Gasteiger charge is 2.19. The Hall–Kier alpha value is -2.63. The Balaban J connectivity index is 4.21. The van der Waals surface area contributed by atoms with Crippen molar-refractivity contribution < 1.29 is 28.6 Å². The van der Waals surface area contributed by atoms with Crippen LogP contribution in [0.3, 0.4) is 0 Å². The van der Waals surface area contributed by atoms with Crippen LogP contribution in [0.1, 0.15) is 207 Å². The molecule has 0 amide bonds. The van der Waals surface area contributed by atoms with Crippen molar-refractivity contribution in [2.45, 2.75) is 213 Å². The van der Waals surface area contributed by atoms with E-state index in [0.29, 0.717) is 19.3 Å². The van der Waals surface area contributed by atoms with Gasteiger partial charge in [0.05, 0.1) is 0 Å². The lowest BCUT2D eigenvalue weighted by Gasteiger charge is -2.18. The van der Waals surface area contributed by atoms with Crippen molar-refractivity contribution in [3.63, 3.8) is 0 Å². The van der Waals surface area contributed by atoms with Crippen molar-refractivity contribution in [3.8, 4) is 0 Å². The van der Waals surface area contributed by atoms with Crippen molar-refractivity contribution >= 4 is 17.9 Å². The van der Waals surface area contributed by atoms with E-state index in [1.165, 1.54) is 70.6 Å². The van der Waals surface area contributed by atoms with Gasteiger partial charge >= 0.3 is 17.9 Å². The summed E-state index contributed by atoms with van der Waals surface area (Å²) >= 11 is 0. The number of allylic oxidation sites excluding steroid dienone is 8. The fourth-order valence-corrected chi connectivity index (χ4v) is 5.84. The first-order chi connectivity index (χ1) is 25.5. The van der Waals surface area contributed by atoms with E-state index in [0.717, 1.165) is 96.3 Å². The van der Waals surface area contributed by atoms with E-state index in [-0.39, 0.29) is 31.1 Å². The van der Waals surface area contributed by atoms with Gasteiger partial charge in [0.1, 0.15) is 13.2 Å². The molecule has 0 N–H and O–H groups in total. The minimum Gasteiger partial charge on any atom is -0.462 e. The predicted molar refractivity (Wildman–Crippen MR) is 219 cm³/mol. The Morgan fingerprint density at radius 3 is 1.17 bits per heavy atom. The second-order valence-electron chi connectivity index (χ2n) is 14.2. The molecular formula is C46H80O6. The lowest BCUT2D eigenvalue weighted by molar-refractivity contribution is -0.167. The fourth-order valence-electron chi connectivity index (χ4n) is 5.84. The van der Waals surface area contributed by atoms with E-state index in [9.17, 15) is 14.4 Å². The van der Waals surface area contributed by atoms with E-state index in [1.54, 1.807) is 0 Å². The third-order valence-electron chi connectivity index (χ3n) is 9.10. The minimum atomic E-state index is -0.770. The number of hydrogen-bond donors (Lipinski definition) is 0. The largest absolute Gasteiger partial charge is 0.462 e. The number of ether oxygens (including phenoxy) is 3. The van der Waals surface area contributed by atoms with E-state index in [1.807, 2.05) is 0 Å². The minimum absolute atomic E-state index is 0.0776. The summed E-state index contributed by atoms with van der Waals surface area (Å²) in [4.78, 5) is 37.4. The predicted octanol–water partition coefficient (Wildman–Crippen LogP) is 13.6. The summed E-state index contributed by atoms with van der Waals surface area (Å²) in [5, 5.41) is 0. The zero-order chi connectivity index (χ0) is 38.0. The molecule has 0 spiro atoms. The Labute approximate surface area is 320 Å². The molecular weight excluding hydrogens is 648 g/mol. The third-order valence-corrected chi connectivity index (χ3v) is 9.10. The van der Waals surface area contributed by atoms with E-state index >= 15 is 0 Å². The number of carbonyl (C=O) groups excluding carboxylic acids is 3. The molecule has 0 aliphatic rings. The summed E-state index contributed by atoms with van der Waals surface area (Å²) in [7, 11) is 0. The smallest absolute Gasteiger partial charge is 0.306 e. The first-order valence-corrected chi connectivity index (χ1v) is 21.6. The van der Waals surface area contributed by atoms with Gasteiger partial charge in [-0.3, -0.25) is 14.4 Å². The highest BCUT2D eigenvalue weighted by molar-refractivity contribution is 5.71. The van der Waals surface area contributed by atoms with E-state index < -0.39 is 6.10 Å². The second-order valence-corrected chi connectivity index (χ2v) is 14.2. The van der Waals surface area contributed by atoms with Crippen LogP contribution < -0.4 is 0 Å². The summed E-state index contributed by atoms with van der Waals surface area (Å²) < 4.78 is 16.5.